The minimum absolute atomic E-state index is 0.0297. The highest BCUT2D eigenvalue weighted by atomic mass is 35.5. The number of aliphatic hydroxyl groups is 2. The molecule has 3 atom stereocenters. The second-order valence-electron chi connectivity index (χ2n) is 7.05. The van der Waals surface area contributed by atoms with Gasteiger partial charge in [0.05, 0.1) is 34.9 Å². The molecule has 0 fully saturated rings. The van der Waals surface area contributed by atoms with Gasteiger partial charge in [-0.05, 0) is 42.2 Å². The number of ether oxygens (including phenoxy) is 1. The summed E-state index contributed by atoms with van der Waals surface area (Å²) in [4.78, 5) is 0. The average Bonchev–Trinajstić information content (AvgIpc) is 2.67. The zero-order chi connectivity index (χ0) is 23.6. The van der Waals surface area contributed by atoms with Crippen LogP contribution in [0.15, 0.2) is 36.4 Å². The van der Waals surface area contributed by atoms with Crippen molar-refractivity contribution in [2.75, 3.05) is 6.61 Å². The molecule has 0 spiro atoms. The minimum atomic E-state index is -5.11. The molecule has 0 aliphatic rings. The fourth-order valence-electron chi connectivity index (χ4n) is 2.83. The zero-order valence-corrected chi connectivity index (χ0v) is 16.9. The van der Waals surface area contributed by atoms with Crippen molar-refractivity contribution in [3.8, 4) is 11.5 Å². The van der Waals surface area contributed by atoms with Crippen LogP contribution < -0.4 is 10.5 Å². The second kappa shape index (κ2) is 9.64. The lowest BCUT2D eigenvalue weighted by Gasteiger charge is -2.21. The maximum absolute atomic E-state index is 13.1. The van der Waals surface area contributed by atoms with Crippen LogP contribution in [0.2, 0.25) is 5.02 Å². The van der Waals surface area contributed by atoms with E-state index in [1.165, 1.54) is 12.1 Å². The lowest BCUT2D eigenvalue weighted by Crippen LogP contribution is -2.38. The summed E-state index contributed by atoms with van der Waals surface area (Å²) in [6.07, 6.45) is -10.9. The molecule has 2 aromatic carbocycles. The van der Waals surface area contributed by atoms with E-state index in [1.807, 2.05) is 0 Å². The fourth-order valence-corrected chi connectivity index (χ4v) is 3.08. The molecule has 3 unspecified atom stereocenters. The van der Waals surface area contributed by atoms with Crippen molar-refractivity contribution in [3.05, 3.63) is 58.1 Å². The Hall–Kier alpha value is -2.01. The highest BCUT2D eigenvalue weighted by Crippen LogP contribution is 2.45. The lowest BCUT2D eigenvalue weighted by atomic mass is 9.92. The second-order valence-corrected chi connectivity index (χ2v) is 7.43. The van der Waals surface area contributed by atoms with Crippen molar-refractivity contribution < 1.29 is 41.3 Å². The molecule has 0 aromatic heterocycles. The fraction of sp³-hybridized carbons (Fsp3) is 0.400. The van der Waals surface area contributed by atoms with Gasteiger partial charge in [0, 0.05) is 0 Å². The van der Waals surface area contributed by atoms with Gasteiger partial charge in [0.1, 0.15) is 11.5 Å². The molecule has 31 heavy (non-hydrogen) atoms. The first-order valence-electron chi connectivity index (χ1n) is 9.04. The average molecular weight is 472 g/mol. The van der Waals surface area contributed by atoms with E-state index in [0.29, 0.717) is 11.6 Å². The Morgan fingerprint density at radius 3 is 2.10 bits per heavy atom. The van der Waals surface area contributed by atoms with E-state index in [0.717, 1.165) is 0 Å². The number of nitrogens with two attached hydrogens (primary N) is 1. The number of benzene rings is 2. The van der Waals surface area contributed by atoms with Crippen molar-refractivity contribution in [1.29, 1.82) is 0 Å². The summed E-state index contributed by atoms with van der Waals surface area (Å²) in [6, 6.07) is 5.33. The molecule has 0 bridgehead atoms. The first-order valence-corrected chi connectivity index (χ1v) is 9.42. The number of aliphatic hydroxyl groups excluding tert-OH is 2. The summed E-state index contributed by atoms with van der Waals surface area (Å²) >= 11 is 5.68. The number of hydrogen-bond donors (Lipinski definition) is 3. The van der Waals surface area contributed by atoms with Crippen LogP contribution in [0.25, 0.3) is 0 Å². The Bertz CT molecular complexity index is 886. The van der Waals surface area contributed by atoms with Crippen LogP contribution in [0.5, 0.6) is 11.5 Å². The van der Waals surface area contributed by atoms with Crippen LogP contribution in [-0.4, -0.2) is 29.0 Å². The Morgan fingerprint density at radius 2 is 1.61 bits per heavy atom. The standard InChI is InChI=1S/C20H20ClF6NO3/c1-10(6-16(30)15(28)9-29)11-2-4-13(5-3-11)31-17-8-12(19(22,23)24)7-14(18(17)21)20(25,26)27/h2-5,7-8,10,15-16,29-30H,6,9,28H2,1H3. The molecule has 2 rings (SSSR count). The Kier molecular flexibility index (Phi) is 7.85. The summed E-state index contributed by atoms with van der Waals surface area (Å²) in [7, 11) is 0. The van der Waals surface area contributed by atoms with Crippen LogP contribution in [0.1, 0.15) is 36.0 Å². The van der Waals surface area contributed by atoms with Crippen LogP contribution >= 0.6 is 11.6 Å². The largest absolute Gasteiger partial charge is 0.456 e. The van der Waals surface area contributed by atoms with Gasteiger partial charge in [-0.1, -0.05) is 30.7 Å². The normalized spacial score (nSPS) is 15.5. The molecule has 0 radical (unpaired) electrons. The number of halogens is 7. The van der Waals surface area contributed by atoms with Gasteiger partial charge >= 0.3 is 12.4 Å². The van der Waals surface area contributed by atoms with Gasteiger partial charge in [0.25, 0.3) is 0 Å². The molecule has 0 aliphatic heterocycles. The molecule has 4 nitrogen and oxygen atoms in total. The molecular formula is C20H20ClF6NO3. The maximum Gasteiger partial charge on any atom is 0.417 e. The van der Waals surface area contributed by atoms with Gasteiger partial charge < -0.3 is 20.7 Å². The molecule has 2 aromatic rings. The lowest BCUT2D eigenvalue weighted by molar-refractivity contribution is -0.143. The molecule has 0 aliphatic carbocycles. The van der Waals surface area contributed by atoms with Gasteiger partial charge in [0.15, 0.2) is 0 Å². The molecular weight excluding hydrogens is 452 g/mol. The first kappa shape index (κ1) is 25.3. The van der Waals surface area contributed by atoms with Crippen LogP contribution in [-0.2, 0) is 12.4 Å². The summed E-state index contributed by atoms with van der Waals surface area (Å²) in [6.45, 7) is 1.39. The third kappa shape index (κ3) is 6.49. The van der Waals surface area contributed by atoms with E-state index in [1.54, 1.807) is 19.1 Å². The van der Waals surface area contributed by atoms with Crippen LogP contribution in [0.4, 0.5) is 26.3 Å². The Balaban J connectivity index is 2.28. The molecule has 0 heterocycles. The summed E-state index contributed by atoms with van der Waals surface area (Å²) in [5.74, 6) is -1.01. The van der Waals surface area contributed by atoms with Crippen molar-refractivity contribution in [2.24, 2.45) is 5.73 Å². The van der Waals surface area contributed by atoms with Gasteiger partial charge in [-0.2, -0.15) is 26.3 Å². The highest BCUT2D eigenvalue weighted by Gasteiger charge is 2.40. The van der Waals surface area contributed by atoms with Gasteiger partial charge in [-0.3, -0.25) is 0 Å². The number of alkyl halides is 6. The third-order valence-corrected chi connectivity index (χ3v) is 5.04. The number of rotatable bonds is 7. The monoisotopic (exact) mass is 471 g/mol. The minimum Gasteiger partial charge on any atom is -0.456 e. The zero-order valence-electron chi connectivity index (χ0n) is 16.1. The first-order chi connectivity index (χ1) is 14.2. The topological polar surface area (TPSA) is 75.7 Å². The third-order valence-electron chi connectivity index (χ3n) is 4.65. The molecule has 172 valence electrons. The van der Waals surface area contributed by atoms with Crippen molar-refractivity contribution >= 4 is 11.6 Å². The van der Waals surface area contributed by atoms with Gasteiger partial charge in [-0.25, -0.2) is 0 Å². The molecule has 0 saturated heterocycles. The summed E-state index contributed by atoms with van der Waals surface area (Å²) < 4.78 is 83.6. The van der Waals surface area contributed by atoms with Crippen molar-refractivity contribution in [1.82, 2.24) is 0 Å². The SMILES string of the molecule is CC(CC(O)C(N)CO)c1ccc(Oc2cc(C(F)(F)F)cc(C(F)(F)F)c2Cl)cc1. The van der Waals surface area contributed by atoms with Crippen LogP contribution in [0.3, 0.4) is 0 Å². The predicted molar refractivity (Wildman–Crippen MR) is 102 cm³/mol. The van der Waals surface area contributed by atoms with E-state index in [4.69, 9.17) is 27.2 Å². The van der Waals surface area contributed by atoms with E-state index in [9.17, 15) is 31.4 Å². The van der Waals surface area contributed by atoms with Gasteiger partial charge in [-0.15, -0.1) is 0 Å². The maximum atomic E-state index is 13.1. The Morgan fingerprint density at radius 1 is 1.03 bits per heavy atom. The van der Waals surface area contributed by atoms with Crippen molar-refractivity contribution in [3.63, 3.8) is 0 Å². The smallest absolute Gasteiger partial charge is 0.417 e. The van der Waals surface area contributed by atoms with E-state index in [2.05, 4.69) is 0 Å². The predicted octanol–water partition coefficient (Wildman–Crippen LogP) is 5.34. The summed E-state index contributed by atoms with van der Waals surface area (Å²) in [5, 5.41) is 17.9. The molecule has 4 N–H and O–H groups in total. The quantitative estimate of drug-likeness (QED) is 0.476. The van der Waals surface area contributed by atoms with E-state index < -0.39 is 53.0 Å². The van der Waals surface area contributed by atoms with Gasteiger partial charge in [0.2, 0.25) is 0 Å². The molecule has 0 saturated carbocycles. The Labute approximate surface area is 179 Å². The molecule has 0 amide bonds. The summed E-state index contributed by atoms with van der Waals surface area (Å²) in [5.41, 5.74) is 3.07. The highest BCUT2D eigenvalue weighted by molar-refractivity contribution is 6.33. The number of hydrogen-bond acceptors (Lipinski definition) is 4. The van der Waals surface area contributed by atoms with Crippen molar-refractivity contribution in [2.45, 2.75) is 43.8 Å². The van der Waals surface area contributed by atoms with E-state index >= 15 is 0 Å². The van der Waals surface area contributed by atoms with E-state index in [-0.39, 0.29) is 24.2 Å². The molecule has 11 heteroatoms. The van der Waals surface area contributed by atoms with Crippen LogP contribution in [0, 0.1) is 0 Å².